The fraction of sp³-hybridized carbons (Fsp3) is 0.107. The molecule has 0 saturated heterocycles. The Labute approximate surface area is 349 Å². The van der Waals surface area contributed by atoms with Gasteiger partial charge in [-0.3, -0.25) is 0 Å². The summed E-state index contributed by atoms with van der Waals surface area (Å²) in [5.74, 6) is 0. The van der Waals surface area contributed by atoms with Crippen LogP contribution in [0, 0.1) is 41.5 Å². The maximum atomic E-state index is 6.87. The van der Waals surface area contributed by atoms with E-state index in [1.165, 1.54) is 33.6 Å². The number of benzene rings is 9. The van der Waals surface area contributed by atoms with Crippen molar-refractivity contribution in [3.63, 3.8) is 0 Å². The third-order valence-corrected chi connectivity index (χ3v) is 12.9. The minimum Gasteiger partial charge on any atom is -0.456 e. The average molecular weight is 777 g/mol. The van der Waals surface area contributed by atoms with Crippen LogP contribution in [0.3, 0.4) is 0 Å². The molecule has 0 bridgehead atoms. The van der Waals surface area contributed by atoms with E-state index in [1.807, 2.05) is 0 Å². The molecule has 2 aromatic heterocycles. The molecular weight excluding hydrogens is 733 g/mol. The highest BCUT2D eigenvalue weighted by atomic mass is 16.3. The van der Waals surface area contributed by atoms with Crippen LogP contribution >= 0.6 is 0 Å². The van der Waals surface area contributed by atoms with Gasteiger partial charge in [0.15, 0.2) is 0 Å². The first-order valence-electron chi connectivity index (χ1n) is 20.8. The topological polar surface area (TPSA) is 32.8 Å². The molecule has 4 nitrogen and oxygen atoms in total. The lowest BCUT2D eigenvalue weighted by molar-refractivity contribution is 0.657. The quantitative estimate of drug-likeness (QED) is 0.168. The number of furan rings is 2. The Morgan fingerprint density at radius 1 is 0.333 bits per heavy atom. The van der Waals surface area contributed by atoms with E-state index < -0.39 is 0 Å². The molecule has 60 heavy (non-hydrogen) atoms. The molecule has 0 aliphatic heterocycles. The number of fused-ring (bicyclic) bond motifs is 9. The monoisotopic (exact) mass is 776 g/mol. The highest BCUT2D eigenvalue weighted by Gasteiger charge is 2.24. The largest absolute Gasteiger partial charge is 0.456 e. The molecule has 0 aliphatic rings. The van der Waals surface area contributed by atoms with E-state index in [9.17, 15) is 0 Å². The summed E-state index contributed by atoms with van der Waals surface area (Å²) in [5.41, 5.74) is 17.6. The lowest BCUT2D eigenvalue weighted by Gasteiger charge is -2.28. The van der Waals surface area contributed by atoms with Crippen molar-refractivity contribution < 1.29 is 8.83 Å². The second-order valence-electron chi connectivity index (χ2n) is 16.4. The van der Waals surface area contributed by atoms with Crippen LogP contribution in [0.25, 0.3) is 65.4 Å². The van der Waals surface area contributed by atoms with E-state index in [-0.39, 0.29) is 0 Å². The normalized spacial score (nSPS) is 11.8. The van der Waals surface area contributed by atoms with Crippen molar-refractivity contribution in [3.05, 3.63) is 191 Å². The van der Waals surface area contributed by atoms with E-state index in [1.54, 1.807) is 0 Å². The molecule has 4 heteroatoms. The van der Waals surface area contributed by atoms with Crippen LogP contribution in [0.5, 0.6) is 0 Å². The summed E-state index contributed by atoms with van der Waals surface area (Å²) < 4.78 is 13.7. The van der Waals surface area contributed by atoms with E-state index in [0.717, 1.165) is 99.3 Å². The van der Waals surface area contributed by atoms with Crippen molar-refractivity contribution in [1.82, 2.24) is 0 Å². The predicted octanol–water partition coefficient (Wildman–Crippen LogP) is 16.6. The van der Waals surface area contributed by atoms with Gasteiger partial charge in [0.05, 0.1) is 0 Å². The second kappa shape index (κ2) is 13.6. The third kappa shape index (κ3) is 5.51. The Morgan fingerprint density at radius 3 is 1.17 bits per heavy atom. The summed E-state index contributed by atoms with van der Waals surface area (Å²) in [6.45, 7) is 13.1. The van der Waals surface area contributed by atoms with Gasteiger partial charge in [-0.1, -0.05) is 72.8 Å². The summed E-state index contributed by atoms with van der Waals surface area (Å²) in [6, 6.07) is 56.9. The van der Waals surface area contributed by atoms with Gasteiger partial charge in [-0.2, -0.15) is 0 Å². The fourth-order valence-corrected chi connectivity index (χ4v) is 9.26. The first-order valence-corrected chi connectivity index (χ1v) is 20.8. The van der Waals surface area contributed by atoms with Crippen molar-refractivity contribution in [1.29, 1.82) is 0 Å². The Morgan fingerprint density at radius 2 is 0.750 bits per heavy atom. The average Bonchev–Trinajstić information content (AvgIpc) is 3.82. The zero-order valence-corrected chi connectivity index (χ0v) is 34.7. The standard InChI is InChI=1S/C56H44N2O2/c1-33-15-13-21-49(35(33)3)57(43-17-9-7-10-18-43)45-25-23-39-29-47-51(31-41(39)27-45)59-55-37(5)38(6)56-54(53(47)55)48-30-40-24-26-46(28-42(40)32-52(48)60-56)58(44-19-11-8-12-20-44)50-22-14-16-34(2)36(50)4/h7-32H,1-6H3. The van der Waals surface area contributed by atoms with Gasteiger partial charge in [0, 0.05) is 55.7 Å². The van der Waals surface area contributed by atoms with Crippen molar-refractivity contribution in [2.24, 2.45) is 0 Å². The number of hydrogen-bond acceptors (Lipinski definition) is 4. The number of nitrogens with zero attached hydrogens (tertiary/aromatic N) is 2. The summed E-state index contributed by atoms with van der Waals surface area (Å²) >= 11 is 0. The summed E-state index contributed by atoms with van der Waals surface area (Å²) in [4.78, 5) is 4.71. The van der Waals surface area contributed by atoms with E-state index in [4.69, 9.17) is 8.83 Å². The number of anilines is 6. The molecule has 11 rings (SSSR count). The van der Waals surface area contributed by atoms with Crippen LogP contribution in [0.2, 0.25) is 0 Å². The molecule has 0 aliphatic carbocycles. The molecule has 0 radical (unpaired) electrons. The van der Waals surface area contributed by atoms with E-state index in [2.05, 4.69) is 209 Å². The molecule has 2 heterocycles. The van der Waals surface area contributed by atoms with E-state index in [0.29, 0.717) is 0 Å². The van der Waals surface area contributed by atoms with Crippen LogP contribution in [0.15, 0.2) is 167 Å². The van der Waals surface area contributed by atoms with Crippen LogP contribution in [0.1, 0.15) is 33.4 Å². The van der Waals surface area contributed by atoms with Gasteiger partial charge < -0.3 is 18.6 Å². The Kier molecular flexibility index (Phi) is 8.15. The first kappa shape index (κ1) is 35.8. The Balaban J connectivity index is 1.09. The minimum atomic E-state index is 0.870. The van der Waals surface area contributed by atoms with Crippen LogP contribution in [-0.4, -0.2) is 0 Å². The van der Waals surface area contributed by atoms with Gasteiger partial charge >= 0.3 is 0 Å². The molecule has 0 saturated carbocycles. The molecule has 0 atom stereocenters. The zero-order valence-electron chi connectivity index (χ0n) is 34.7. The lowest BCUT2D eigenvalue weighted by Crippen LogP contribution is -2.11. The molecular formula is C56H44N2O2. The summed E-state index contributed by atoms with van der Waals surface area (Å²) in [7, 11) is 0. The van der Waals surface area contributed by atoms with E-state index >= 15 is 0 Å². The maximum absolute atomic E-state index is 6.87. The second-order valence-corrected chi connectivity index (χ2v) is 16.4. The summed E-state index contributed by atoms with van der Waals surface area (Å²) in [6.07, 6.45) is 0. The third-order valence-electron chi connectivity index (χ3n) is 12.9. The smallest absolute Gasteiger partial charge is 0.139 e. The first-order chi connectivity index (χ1) is 29.2. The van der Waals surface area contributed by atoms with Gasteiger partial charge in [-0.15, -0.1) is 0 Å². The number of aryl methyl sites for hydroxylation is 4. The van der Waals surface area contributed by atoms with Crippen LogP contribution in [-0.2, 0) is 0 Å². The minimum absolute atomic E-state index is 0.870. The molecule has 0 spiro atoms. The lowest BCUT2D eigenvalue weighted by atomic mass is 9.96. The van der Waals surface area contributed by atoms with Gasteiger partial charge in [0.2, 0.25) is 0 Å². The summed E-state index contributed by atoms with van der Waals surface area (Å²) in [5, 5.41) is 8.97. The van der Waals surface area contributed by atoms with Crippen molar-refractivity contribution in [3.8, 4) is 0 Å². The molecule has 0 unspecified atom stereocenters. The van der Waals surface area contributed by atoms with Gasteiger partial charge in [-0.05, 0) is 181 Å². The SMILES string of the molecule is Cc1cccc(N(c2ccccc2)c2ccc3cc4c(cc3c2)oc2c(C)c(C)c3oc5cc6cc(N(c7ccccc7)c7cccc(C)c7C)ccc6cc5c3c24)c1C. The Bertz CT molecular complexity index is 3270. The van der Waals surface area contributed by atoms with Crippen molar-refractivity contribution in [2.45, 2.75) is 41.5 Å². The van der Waals surface area contributed by atoms with Gasteiger partial charge in [0.1, 0.15) is 22.3 Å². The number of hydrogen-bond donors (Lipinski definition) is 0. The molecule has 290 valence electrons. The predicted molar refractivity (Wildman–Crippen MR) is 254 cm³/mol. The van der Waals surface area contributed by atoms with Crippen LogP contribution < -0.4 is 9.80 Å². The van der Waals surface area contributed by atoms with Gasteiger partial charge in [0.25, 0.3) is 0 Å². The highest BCUT2D eigenvalue weighted by molar-refractivity contribution is 6.29. The molecule has 0 amide bonds. The fourth-order valence-electron chi connectivity index (χ4n) is 9.26. The molecule has 0 N–H and O–H groups in total. The number of para-hydroxylation sites is 2. The van der Waals surface area contributed by atoms with Crippen molar-refractivity contribution >= 4 is 99.5 Å². The highest BCUT2D eigenvalue weighted by Crippen LogP contribution is 2.47. The van der Waals surface area contributed by atoms with Gasteiger partial charge in [-0.25, -0.2) is 0 Å². The number of rotatable bonds is 6. The zero-order chi connectivity index (χ0) is 40.8. The van der Waals surface area contributed by atoms with Crippen molar-refractivity contribution in [2.75, 3.05) is 9.80 Å². The molecule has 9 aromatic carbocycles. The Hall–Kier alpha value is -7.30. The maximum Gasteiger partial charge on any atom is 0.139 e. The molecule has 0 fully saturated rings. The molecule has 11 aromatic rings. The van der Waals surface area contributed by atoms with Crippen LogP contribution in [0.4, 0.5) is 34.1 Å².